The van der Waals surface area contributed by atoms with Crippen LogP contribution in [0.5, 0.6) is 5.75 Å². The predicted molar refractivity (Wildman–Crippen MR) is 143 cm³/mol. The molecular formula is C29H32F4N2O3S. The summed E-state index contributed by atoms with van der Waals surface area (Å²) in [6, 6.07) is 8.21. The van der Waals surface area contributed by atoms with Gasteiger partial charge in [-0.25, -0.2) is 17.6 Å². The van der Waals surface area contributed by atoms with Crippen LogP contribution < -0.4 is 4.74 Å². The van der Waals surface area contributed by atoms with Crippen LogP contribution in [-0.2, 0) is 11.2 Å². The van der Waals surface area contributed by atoms with Gasteiger partial charge in [-0.15, -0.1) is 11.8 Å². The molecule has 0 radical (unpaired) electrons. The van der Waals surface area contributed by atoms with E-state index in [9.17, 15) is 27.5 Å². The second-order valence-corrected chi connectivity index (χ2v) is 11.1. The third-order valence-electron chi connectivity index (χ3n) is 7.41. The predicted octanol–water partition coefficient (Wildman–Crippen LogP) is 6.72. The first-order chi connectivity index (χ1) is 18.8. The molecule has 1 fully saturated rings. The molecule has 0 aliphatic carbocycles. The van der Waals surface area contributed by atoms with Crippen LogP contribution in [0.3, 0.4) is 0 Å². The number of ether oxygens (including phenoxy) is 1. The summed E-state index contributed by atoms with van der Waals surface area (Å²) >= 11 is 0.819. The number of hydrogen-bond donors (Lipinski definition) is 1. The molecule has 0 amide bonds. The highest BCUT2D eigenvalue weighted by molar-refractivity contribution is 7.99. The number of carboxylic acid groups (broad SMARTS) is 1. The van der Waals surface area contributed by atoms with Crippen molar-refractivity contribution in [3.63, 3.8) is 0 Å². The monoisotopic (exact) mass is 564 g/mol. The van der Waals surface area contributed by atoms with Crippen molar-refractivity contribution in [1.29, 1.82) is 0 Å². The number of halogens is 4. The number of carboxylic acids is 1. The van der Waals surface area contributed by atoms with E-state index in [4.69, 9.17) is 4.74 Å². The van der Waals surface area contributed by atoms with Gasteiger partial charge in [0.2, 0.25) is 0 Å². The minimum Gasteiger partial charge on any atom is -0.497 e. The van der Waals surface area contributed by atoms with Crippen molar-refractivity contribution in [1.82, 2.24) is 9.88 Å². The lowest BCUT2D eigenvalue weighted by atomic mass is 9.80. The minimum absolute atomic E-state index is 0.0132. The van der Waals surface area contributed by atoms with Gasteiger partial charge in [-0.3, -0.25) is 9.78 Å². The number of hydrogen-bond acceptors (Lipinski definition) is 5. The molecule has 0 unspecified atom stereocenters. The fourth-order valence-electron chi connectivity index (χ4n) is 5.42. The van der Waals surface area contributed by atoms with Gasteiger partial charge in [-0.1, -0.05) is 0 Å². The zero-order valence-electron chi connectivity index (χ0n) is 21.8. The fourth-order valence-corrected chi connectivity index (χ4v) is 6.31. The van der Waals surface area contributed by atoms with Crippen molar-refractivity contribution in [2.75, 3.05) is 32.5 Å². The Labute approximate surface area is 229 Å². The number of fused-ring (bicyclic) bond motifs is 1. The van der Waals surface area contributed by atoms with E-state index in [1.165, 1.54) is 5.56 Å². The van der Waals surface area contributed by atoms with Crippen molar-refractivity contribution >= 4 is 28.6 Å². The number of pyridine rings is 1. The number of benzene rings is 2. The molecule has 210 valence electrons. The smallest absolute Gasteiger partial charge is 0.303 e. The van der Waals surface area contributed by atoms with Gasteiger partial charge in [0.05, 0.1) is 17.5 Å². The third-order valence-corrected chi connectivity index (χ3v) is 8.57. The summed E-state index contributed by atoms with van der Waals surface area (Å²) in [6.07, 6.45) is 6.07. The van der Waals surface area contributed by atoms with Crippen LogP contribution in [0.2, 0.25) is 0 Å². The number of aryl methyl sites for hydroxylation is 1. The van der Waals surface area contributed by atoms with Gasteiger partial charge in [0.25, 0.3) is 0 Å². The highest BCUT2D eigenvalue weighted by Crippen LogP contribution is 2.33. The maximum Gasteiger partial charge on any atom is 0.303 e. The molecule has 2 aromatic carbocycles. The van der Waals surface area contributed by atoms with Crippen LogP contribution >= 0.6 is 11.8 Å². The first-order valence-corrected chi connectivity index (χ1v) is 14.1. The quantitative estimate of drug-likeness (QED) is 0.0867. The largest absolute Gasteiger partial charge is 0.497 e. The lowest BCUT2D eigenvalue weighted by Gasteiger charge is -2.38. The second kappa shape index (κ2) is 13.5. The Hall–Kier alpha value is -2.85. The van der Waals surface area contributed by atoms with Crippen molar-refractivity contribution in [2.45, 2.75) is 43.4 Å². The molecule has 1 aliphatic heterocycles. The second-order valence-electron chi connectivity index (χ2n) is 9.95. The van der Waals surface area contributed by atoms with E-state index in [-0.39, 0.29) is 12.3 Å². The summed E-state index contributed by atoms with van der Waals surface area (Å²) in [7, 11) is 1.64. The van der Waals surface area contributed by atoms with Crippen LogP contribution in [0.15, 0.2) is 41.4 Å². The maximum atomic E-state index is 13.9. The Morgan fingerprint density at radius 1 is 1.10 bits per heavy atom. The molecule has 1 saturated heterocycles. The average Bonchev–Trinajstić information content (AvgIpc) is 2.92. The van der Waals surface area contributed by atoms with Crippen molar-refractivity contribution in [2.24, 2.45) is 11.8 Å². The van der Waals surface area contributed by atoms with E-state index >= 15 is 0 Å². The van der Waals surface area contributed by atoms with Crippen molar-refractivity contribution in [3.05, 3.63) is 65.4 Å². The minimum atomic E-state index is -1.67. The molecule has 1 N–H and O–H groups in total. The molecule has 0 bridgehead atoms. The number of aromatic nitrogens is 1. The maximum absolute atomic E-state index is 13.9. The number of piperidine rings is 1. The van der Waals surface area contributed by atoms with Crippen molar-refractivity contribution < 1.29 is 32.2 Å². The van der Waals surface area contributed by atoms with Crippen LogP contribution in [-0.4, -0.2) is 53.5 Å². The molecule has 0 spiro atoms. The molecule has 1 aliphatic rings. The summed E-state index contributed by atoms with van der Waals surface area (Å²) in [5.41, 5.74) is 2.11. The summed E-state index contributed by atoms with van der Waals surface area (Å²) in [4.78, 5) is 17.7. The molecule has 0 saturated carbocycles. The first-order valence-electron chi connectivity index (χ1n) is 13.1. The Morgan fingerprint density at radius 3 is 2.69 bits per heavy atom. The average molecular weight is 565 g/mol. The number of likely N-dealkylation sites (tertiary alicyclic amines) is 1. The van der Waals surface area contributed by atoms with Crippen molar-refractivity contribution in [3.8, 4) is 5.75 Å². The van der Waals surface area contributed by atoms with Gasteiger partial charge in [0.15, 0.2) is 17.5 Å². The first kappa shape index (κ1) is 29.1. The molecule has 4 rings (SSSR count). The number of thioether (sulfide) groups is 1. The molecule has 1 aromatic heterocycles. The highest BCUT2D eigenvalue weighted by Gasteiger charge is 2.30. The highest BCUT2D eigenvalue weighted by atomic mass is 32.2. The SMILES string of the molecule is COc1ccc2nccc(CCC[C@@H]3CCN(CCCSc4c(F)cc(F)c(F)c4F)C[C@@H]3CC(=O)O)c2c1. The molecule has 3 aromatic rings. The van der Waals surface area contributed by atoms with Gasteiger partial charge < -0.3 is 14.7 Å². The van der Waals surface area contributed by atoms with E-state index in [2.05, 4.69) is 9.88 Å². The van der Waals surface area contributed by atoms with Crippen LogP contribution in [0.1, 0.15) is 37.7 Å². The standard InChI is InChI=1S/C29H32F4N2O3S/c1-38-21-6-7-25-22(15-21)19(8-10-34-25)5-2-4-18-9-12-35(17-20(18)14-26(36)37)11-3-13-39-29-24(31)16-23(30)27(32)28(29)33/h6-8,10,15-16,18,20H,2-5,9,11-14,17H2,1H3,(H,36,37)/t18-,20+/m1/s1. The molecular weight excluding hydrogens is 532 g/mol. The van der Waals surface area contributed by atoms with Gasteiger partial charge in [-0.05, 0) is 92.6 Å². The summed E-state index contributed by atoms with van der Waals surface area (Å²) in [6.45, 7) is 2.09. The molecule has 5 nitrogen and oxygen atoms in total. The number of carbonyl (C=O) groups is 1. The summed E-state index contributed by atoms with van der Waals surface area (Å²) in [5.74, 6) is -5.24. The topological polar surface area (TPSA) is 62.7 Å². The van der Waals surface area contributed by atoms with E-state index in [1.54, 1.807) is 7.11 Å². The number of nitrogens with zero attached hydrogens (tertiary/aromatic N) is 2. The zero-order chi connectivity index (χ0) is 27.9. The Kier molecular flexibility index (Phi) is 10.1. The number of rotatable bonds is 12. The van der Waals surface area contributed by atoms with Gasteiger partial charge in [0.1, 0.15) is 11.6 Å². The van der Waals surface area contributed by atoms with Gasteiger partial charge in [0, 0.05) is 30.6 Å². The Balaban J connectivity index is 1.29. The number of aliphatic carboxylic acids is 1. The van der Waals surface area contributed by atoms with E-state index in [1.807, 2.05) is 30.5 Å². The van der Waals surface area contributed by atoms with Gasteiger partial charge >= 0.3 is 5.97 Å². The third kappa shape index (κ3) is 7.42. The molecule has 2 heterocycles. The Bertz CT molecular complexity index is 1310. The van der Waals surface area contributed by atoms with E-state index < -0.39 is 34.1 Å². The summed E-state index contributed by atoms with van der Waals surface area (Å²) < 4.78 is 59.7. The molecule has 39 heavy (non-hydrogen) atoms. The van der Waals surface area contributed by atoms with Crippen LogP contribution in [0.25, 0.3) is 10.9 Å². The van der Waals surface area contributed by atoms with E-state index in [0.717, 1.165) is 60.6 Å². The lowest BCUT2D eigenvalue weighted by molar-refractivity contribution is -0.139. The Morgan fingerprint density at radius 2 is 1.92 bits per heavy atom. The van der Waals surface area contributed by atoms with Crippen LogP contribution in [0, 0.1) is 35.1 Å². The fraction of sp³-hybridized carbons (Fsp3) is 0.448. The van der Waals surface area contributed by atoms with Crippen LogP contribution in [0.4, 0.5) is 17.6 Å². The lowest BCUT2D eigenvalue weighted by Crippen LogP contribution is -2.42. The number of methoxy groups -OCH3 is 1. The normalized spacial score (nSPS) is 18.0. The molecule has 2 atom stereocenters. The zero-order valence-corrected chi connectivity index (χ0v) is 22.6. The summed E-state index contributed by atoms with van der Waals surface area (Å²) in [5, 5.41) is 10.6. The molecule has 10 heteroatoms. The van der Waals surface area contributed by atoms with E-state index in [0.29, 0.717) is 37.2 Å². The van der Waals surface area contributed by atoms with Gasteiger partial charge in [-0.2, -0.15) is 0 Å².